The summed E-state index contributed by atoms with van der Waals surface area (Å²) in [6.45, 7) is 0. The van der Waals surface area contributed by atoms with Crippen molar-refractivity contribution >= 4 is 56.9 Å². The second-order valence-corrected chi connectivity index (χ2v) is 6.95. The van der Waals surface area contributed by atoms with Gasteiger partial charge < -0.3 is 10.3 Å². The third-order valence-electron chi connectivity index (χ3n) is 3.04. The van der Waals surface area contributed by atoms with Crippen LogP contribution in [0.1, 0.15) is 0 Å². The number of nitrogens with one attached hydrogen (secondary N) is 2. The Labute approximate surface area is 150 Å². The van der Waals surface area contributed by atoms with Crippen LogP contribution in [0.3, 0.4) is 0 Å². The Hall–Kier alpha value is -1.87. The number of halogens is 1. The number of aromatic nitrogens is 2. The average Bonchev–Trinajstić information content (AvgIpc) is 2.53. The van der Waals surface area contributed by atoms with E-state index in [0.29, 0.717) is 16.1 Å². The number of hydrogen-bond acceptors (Lipinski definition) is 4. The van der Waals surface area contributed by atoms with Gasteiger partial charge in [-0.05, 0) is 52.9 Å². The first-order valence-electron chi connectivity index (χ1n) is 6.79. The first kappa shape index (κ1) is 16.0. The summed E-state index contributed by atoms with van der Waals surface area (Å²) in [5, 5.41) is 3.80. The molecule has 0 saturated heterocycles. The number of hydrogen-bond donors (Lipinski definition) is 2. The topological polar surface area (TPSA) is 74.8 Å². The van der Waals surface area contributed by atoms with Crippen LogP contribution in [0.2, 0.25) is 0 Å². The molecule has 0 unspecified atom stereocenters. The van der Waals surface area contributed by atoms with Crippen LogP contribution < -0.4 is 10.9 Å². The maximum atomic E-state index is 12.0. The molecule has 1 aromatic heterocycles. The largest absolute Gasteiger partial charge is 0.325 e. The van der Waals surface area contributed by atoms with Crippen LogP contribution in [-0.2, 0) is 4.79 Å². The van der Waals surface area contributed by atoms with Crippen LogP contribution >= 0.6 is 34.4 Å². The van der Waals surface area contributed by atoms with Crippen molar-refractivity contribution in [2.45, 2.75) is 5.16 Å². The van der Waals surface area contributed by atoms with E-state index in [-0.39, 0.29) is 17.2 Å². The van der Waals surface area contributed by atoms with Gasteiger partial charge in [-0.2, -0.15) is 0 Å². The number of anilines is 1. The van der Waals surface area contributed by atoms with E-state index in [9.17, 15) is 9.59 Å². The lowest BCUT2D eigenvalue weighted by molar-refractivity contribution is -0.113. The van der Waals surface area contributed by atoms with Gasteiger partial charge in [0, 0.05) is 9.26 Å². The molecule has 2 N–H and O–H groups in total. The van der Waals surface area contributed by atoms with Gasteiger partial charge in [0.2, 0.25) is 5.91 Å². The molecule has 3 aromatic rings. The molecule has 0 radical (unpaired) electrons. The minimum atomic E-state index is -0.198. The number of aromatic amines is 1. The highest BCUT2D eigenvalue weighted by atomic mass is 127. The van der Waals surface area contributed by atoms with Crippen molar-refractivity contribution < 1.29 is 4.79 Å². The lowest BCUT2D eigenvalue weighted by Gasteiger charge is -2.05. The molecular formula is C16H12IN3O2S. The van der Waals surface area contributed by atoms with Gasteiger partial charge in [0.1, 0.15) is 0 Å². The van der Waals surface area contributed by atoms with Gasteiger partial charge in [-0.3, -0.25) is 9.59 Å². The summed E-state index contributed by atoms with van der Waals surface area (Å²) in [6.07, 6.45) is 0. The third-order valence-corrected chi connectivity index (χ3v) is 4.58. The van der Waals surface area contributed by atoms with Gasteiger partial charge in [-0.25, -0.2) is 4.98 Å². The van der Waals surface area contributed by atoms with Crippen LogP contribution in [-0.4, -0.2) is 21.6 Å². The van der Waals surface area contributed by atoms with Crippen molar-refractivity contribution in [3.63, 3.8) is 0 Å². The summed E-state index contributed by atoms with van der Waals surface area (Å²) in [5.41, 5.74) is 1.18. The number of thioether (sulfide) groups is 1. The van der Waals surface area contributed by atoms with Crippen molar-refractivity contribution in [2.24, 2.45) is 0 Å². The van der Waals surface area contributed by atoms with E-state index in [1.165, 1.54) is 11.8 Å². The minimum absolute atomic E-state index is 0.146. The quantitative estimate of drug-likeness (QED) is 0.374. The smallest absolute Gasteiger partial charge is 0.259 e. The van der Waals surface area contributed by atoms with Crippen LogP contribution in [0, 0.1) is 3.57 Å². The number of amides is 1. The standard InChI is InChI=1S/C16H12IN3O2S/c17-10-4-3-5-11(8-10)18-14(21)9-23-16-19-13-7-2-1-6-12(13)15(22)20-16/h1-8H,9H2,(H,18,21)(H,19,20,22). The molecule has 0 aliphatic rings. The third kappa shape index (κ3) is 4.11. The summed E-state index contributed by atoms with van der Waals surface area (Å²) >= 11 is 3.39. The number of carbonyl (C=O) groups is 1. The number of rotatable bonds is 4. The van der Waals surface area contributed by atoms with Gasteiger partial charge in [0.05, 0.1) is 16.7 Å². The number of nitrogens with zero attached hydrogens (tertiary/aromatic N) is 1. The summed E-state index contributed by atoms with van der Waals surface area (Å²) in [6, 6.07) is 14.7. The van der Waals surface area contributed by atoms with Gasteiger partial charge in [-0.1, -0.05) is 30.0 Å². The van der Waals surface area contributed by atoms with E-state index >= 15 is 0 Å². The second-order valence-electron chi connectivity index (χ2n) is 4.74. The second kappa shape index (κ2) is 7.14. The van der Waals surface area contributed by atoms with Gasteiger partial charge in [0.25, 0.3) is 5.56 Å². The molecule has 23 heavy (non-hydrogen) atoms. The predicted octanol–water partition coefficient (Wildman–Crippen LogP) is 3.26. The lowest BCUT2D eigenvalue weighted by Crippen LogP contribution is -2.15. The van der Waals surface area contributed by atoms with Crippen molar-refractivity contribution in [1.29, 1.82) is 0 Å². The van der Waals surface area contributed by atoms with E-state index < -0.39 is 0 Å². The highest BCUT2D eigenvalue weighted by Crippen LogP contribution is 2.16. The molecule has 0 aliphatic carbocycles. The van der Waals surface area contributed by atoms with Crippen LogP contribution in [0.15, 0.2) is 58.5 Å². The van der Waals surface area contributed by atoms with Crippen molar-refractivity contribution in [2.75, 3.05) is 11.1 Å². The Balaban J connectivity index is 1.68. The first-order chi connectivity index (χ1) is 11.1. The fourth-order valence-electron chi connectivity index (χ4n) is 2.03. The predicted molar refractivity (Wildman–Crippen MR) is 101 cm³/mol. The van der Waals surface area contributed by atoms with Gasteiger partial charge >= 0.3 is 0 Å². The molecule has 0 fully saturated rings. The van der Waals surface area contributed by atoms with Crippen LogP contribution in [0.4, 0.5) is 5.69 Å². The molecule has 7 heteroatoms. The minimum Gasteiger partial charge on any atom is -0.325 e. The fourth-order valence-corrected chi connectivity index (χ4v) is 3.24. The lowest BCUT2D eigenvalue weighted by atomic mass is 10.2. The highest BCUT2D eigenvalue weighted by Gasteiger charge is 2.07. The number of H-pyrrole nitrogens is 1. The molecule has 0 aliphatic heterocycles. The SMILES string of the molecule is O=C(CSc1nc2ccccc2c(=O)[nH]1)Nc1cccc(I)c1. The van der Waals surface area contributed by atoms with E-state index in [0.717, 1.165) is 9.26 Å². The molecule has 0 saturated carbocycles. The molecule has 0 atom stereocenters. The maximum Gasteiger partial charge on any atom is 0.259 e. The number of carbonyl (C=O) groups excluding carboxylic acids is 1. The van der Waals surface area contributed by atoms with Crippen LogP contribution in [0.25, 0.3) is 10.9 Å². The van der Waals surface area contributed by atoms with E-state index in [1.807, 2.05) is 30.3 Å². The molecular weight excluding hydrogens is 425 g/mol. The Kier molecular flexibility index (Phi) is 4.97. The molecule has 1 amide bonds. The summed E-state index contributed by atoms with van der Waals surface area (Å²) < 4.78 is 1.05. The number of fused-ring (bicyclic) bond motifs is 1. The first-order valence-corrected chi connectivity index (χ1v) is 8.85. The average molecular weight is 437 g/mol. The van der Waals surface area contributed by atoms with Crippen molar-refractivity contribution in [3.8, 4) is 0 Å². The van der Waals surface area contributed by atoms with E-state index in [2.05, 4.69) is 37.9 Å². The van der Waals surface area contributed by atoms with Gasteiger partial charge in [-0.15, -0.1) is 0 Å². The number of para-hydroxylation sites is 1. The van der Waals surface area contributed by atoms with E-state index in [1.54, 1.807) is 18.2 Å². The highest BCUT2D eigenvalue weighted by molar-refractivity contribution is 14.1. The normalized spacial score (nSPS) is 10.7. The number of benzene rings is 2. The fraction of sp³-hybridized carbons (Fsp3) is 0.0625. The molecule has 0 bridgehead atoms. The Morgan fingerprint density at radius 3 is 2.87 bits per heavy atom. The summed E-state index contributed by atoms with van der Waals surface area (Å²) in [7, 11) is 0. The summed E-state index contributed by atoms with van der Waals surface area (Å²) in [5.74, 6) is 0.0278. The van der Waals surface area contributed by atoms with Crippen molar-refractivity contribution in [1.82, 2.24) is 9.97 Å². The molecule has 5 nitrogen and oxygen atoms in total. The van der Waals surface area contributed by atoms with Crippen LogP contribution in [0.5, 0.6) is 0 Å². The zero-order valence-electron chi connectivity index (χ0n) is 11.9. The Morgan fingerprint density at radius 1 is 1.22 bits per heavy atom. The molecule has 2 aromatic carbocycles. The van der Waals surface area contributed by atoms with Gasteiger partial charge in [0.15, 0.2) is 5.16 Å². The molecule has 3 rings (SSSR count). The molecule has 116 valence electrons. The van der Waals surface area contributed by atoms with Crippen molar-refractivity contribution in [3.05, 3.63) is 62.5 Å². The Morgan fingerprint density at radius 2 is 2.04 bits per heavy atom. The molecule has 0 spiro atoms. The molecule has 1 heterocycles. The zero-order chi connectivity index (χ0) is 16.2. The Bertz CT molecular complexity index is 926. The van der Waals surface area contributed by atoms with E-state index in [4.69, 9.17) is 0 Å². The monoisotopic (exact) mass is 437 g/mol. The maximum absolute atomic E-state index is 12.0. The zero-order valence-corrected chi connectivity index (χ0v) is 14.8. The summed E-state index contributed by atoms with van der Waals surface area (Å²) in [4.78, 5) is 31.0.